The second kappa shape index (κ2) is 8.20. The lowest BCUT2D eigenvalue weighted by Crippen LogP contribution is -2.20. The zero-order chi connectivity index (χ0) is 12.6. The van der Waals surface area contributed by atoms with Gasteiger partial charge in [-0.1, -0.05) is 27.7 Å². The van der Waals surface area contributed by atoms with Gasteiger partial charge in [-0.15, -0.1) is 0 Å². The number of methoxy groups -OCH3 is 2. The summed E-state index contributed by atoms with van der Waals surface area (Å²) in [5.74, 6) is 2.10. The second-order valence-electron chi connectivity index (χ2n) is 3.99. The van der Waals surface area contributed by atoms with Crippen LogP contribution in [-0.2, 0) is 9.47 Å². The Labute approximate surface area is 99.6 Å². The predicted octanol–water partition coefficient (Wildman–Crippen LogP) is 3.41. The number of aliphatic imine (C=N–C) groups is 1. The molecule has 0 N–H and O–H groups in total. The number of ether oxygens (including phenoxy) is 2. The van der Waals surface area contributed by atoms with Crippen LogP contribution in [0.25, 0.3) is 0 Å². The molecular weight excluding hydrogens is 202 g/mol. The van der Waals surface area contributed by atoms with E-state index in [2.05, 4.69) is 31.8 Å². The van der Waals surface area contributed by atoms with Crippen molar-refractivity contribution in [2.75, 3.05) is 14.2 Å². The third kappa shape index (κ3) is 4.69. The number of nitrogens with zero attached hydrogens (tertiary/aromatic N) is 1. The van der Waals surface area contributed by atoms with Crippen LogP contribution in [0.1, 0.15) is 40.5 Å². The summed E-state index contributed by atoms with van der Waals surface area (Å²) in [7, 11) is 3.36. The Hall–Kier alpha value is -0.990. The number of hydrogen-bond donors (Lipinski definition) is 0. The fourth-order valence-electron chi connectivity index (χ4n) is 1.51. The highest BCUT2D eigenvalue weighted by Crippen LogP contribution is 2.18. The molecule has 0 fully saturated rings. The van der Waals surface area contributed by atoms with Crippen LogP contribution < -0.4 is 0 Å². The highest BCUT2D eigenvalue weighted by Gasteiger charge is 2.18. The first-order chi connectivity index (χ1) is 7.60. The highest BCUT2D eigenvalue weighted by atomic mass is 16.5. The molecule has 0 saturated carbocycles. The molecule has 0 saturated heterocycles. The van der Waals surface area contributed by atoms with Crippen molar-refractivity contribution in [3.63, 3.8) is 0 Å². The van der Waals surface area contributed by atoms with E-state index in [9.17, 15) is 0 Å². The first kappa shape index (κ1) is 15.0. The number of allylic oxidation sites excluding steroid dienone is 1. The van der Waals surface area contributed by atoms with Crippen LogP contribution in [0.2, 0.25) is 0 Å². The Morgan fingerprint density at radius 3 is 2.12 bits per heavy atom. The molecule has 0 rings (SSSR count). The van der Waals surface area contributed by atoms with E-state index in [0.717, 1.165) is 24.5 Å². The smallest absolute Gasteiger partial charge is 0.183 e. The molecule has 0 aromatic rings. The van der Waals surface area contributed by atoms with Crippen LogP contribution in [0.5, 0.6) is 0 Å². The van der Waals surface area contributed by atoms with E-state index < -0.39 is 0 Å². The Morgan fingerprint density at radius 1 is 1.19 bits per heavy atom. The first-order valence-electron chi connectivity index (χ1n) is 5.95. The maximum atomic E-state index is 5.40. The van der Waals surface area contributed by atoms with Gasteiger partial charge in [0.1, 0.15) is 11.8 Å². The van der Waals surface area contributed by atoms with Gasteiger partial charge in [0.05, 0.1) is 14.2 Å². The summed E-state index contributed by atoms with van der Waals surface area (Å²) < 4.78 is 10.6. The summed E-state index contributed by atoms with van der Waals surface area (Å²) in [4.78, 5) is 4.60. The van der Waals surface area contributed by atoms with Gasteiger partial charge >= 0.3 is 0 Å². The average molecular weight is 227 g/mol. The molecule has 16 heavy (non-hydrogen) atoms. The minimum absolute atomic E-state index is 0.0554. The standard InChI is InChI=1S/C13H25NO2/c1-7-9-11(15-5)13(10(3)4)14-12(8-2)16-6/h9-10,13H,7-8H2,1-6H3/b11-9-,14-12?. The minimum atomic E-state index is 0.0554. The van der Waals surface area contributed by atoms with Crippen LogP contribution in [0.4, 0.5) is 0 Å². The van der Waals surface area contributed by atoms with Gasteiger partial charge in [-0.2, -0.15) is 0 Å². The van der Waals surface area contributed by atoms with E-state index in [1.807, 2.05) is 6.92 Å². The van der Waals surface area contributed by atoms with Crippen LogP contribution in [0.3, 0.4) is 0 Å². The van der Waals surface area contributed by atoms with E-state index >= 15 is 0 Å². The molecule has 0 spiro atoms. The summed E-state index contributed by atoms with van der Waals surface area (Å²) in [6.45, 7) is 8.41. The van der Waals surface area contributed by atoms with Crippen LogP contribution in [-0.4, -0.2) is 26.2 Å². The van der Waals surface area contributed by atoms with Crippen molar-refractivity contribution in [1.82, 2.24) is 0 Å². The summed E-state index contributed by atoms with van der Waals surface area (Å²) in [5.41, 5.74) is 0. The van der Waals surface area contributed by atoms with Gasteiger partial charge in [0.15, 0.2) is 5.90 Å². The third-order valence-electron chi connectivity index (χ3n) is 2.39. The van der Waals surface area contributed by atoms with Gasteiger partial charge < -0.3 is 9.47 Å². The monoisotopic (exact) mass is 227 g/mol. The molecule has 0 aromatic carbocycles. The van der Waals surface area contributed by atoms with E-state index in [1.54, 1.807) is 14.2 Å². The lowest BCUT2D eigenvalue weighted by molar-refractivity contribution is 0.244. The average Bonchev–Trinajstić information content (AvgIpc) is 2.28. The third-order valence-corrected chi connectivity index (χ3v) is 2.39. The van der Waals surface area contributed by atoms with Gasteiger partial charge in [0.25, 0.3) is 0 Å². The van der Waals surface area contributed by atoms with Crippen LogP contribution >= 0.6 is 0 Å². The molecule has 3 nitrogen and oxygen atoms in total. The molecule has 1 atom stereocenters. The van der Waals surface area contributed by atoms with Crippen molar-refractivity contribution in [1.29, 1.82) is 0 Å². The van der Waals surface area contributed by atoms with E-state index in [1.165, 1.54) is 0 Å². The molecule has 0 aliphatic rings. The Bertz CT molecular complexity index is 238. The van der Waals surface area contributed by atoms with Crippen molar-refractivity contribution >= 4 is 5.90 Å². The zero-order valence-electron chi connectivity index (χ0n) is 11.4. The molecule has 0 amide bonds. The van der Waals surface area contributed by atoms with Gasteiger partial charge in [-0.25, -0.2) is 4.99 Å². The lowest BCUT2D eigenvalue weighted by atomic mass is 10.0. The fourth-order valence-corrected chi connectivity index (χ4v) is 1.51. The van der Waals surface area contributed by atoms with Crippen molar-refractivity contribution in [3.05, 3.63) is 11.8 Å². The molecule has 0 radical (unpaired) electrons. The Morgan fingerprint density at radius 2 is 1.81 bits per heavy atom. The predicted molar refractivity (Wildman–Crippen MR) is 68.7 cm³/mol. The van der Waals surface area contributed by atoms with Gasteiger partial charge in [0.2, 0.25) is 0 Å². The number of rotatable bonds is 6. The summed E-state index contributed by atoms with van der Waals surface area (Å²) in [5, 5.41) is 0. The SMILES string of the molecule is CC/C=C(\OC)C(N=C(CC)OC)C(C)C. The largest absolute Gasteiger partial charge is 0.499 e. The molecule has 0 aliphatic carbocycles. The first-order valence-corrected chi connectivity index (χ1v) is 5.95. The van der Waals surface area contributed by atoms with Gasteiger partial charge in [0, 0.05) is 6.42 Å². The van der Waals surface area contributed by atoms with Gasteiger partial charge in [-0.05, 0) is 18.4 Å². The minimum Gasteiger partial charge on any atom is -0.499 e. The van der Waals surface area contributed by atoms with E-state index in [-0.39, 0.29) is 6.04 Å². The maximum Gasteiger partial charge on any atom is 0.183 e. The zero-order valence-corrected chi connectivity index (χ0v) is 11.4. The lowest BCUT2D eigenvalue weighted by Gasteiger charge is -2.20. The Kier molecular flexibility index (Phi) is 7.69. The van der Waals surface area contributed by atoms with Gasteiger partial charge in [-0.3, -0.25) is 0 Å². The summed E-state index contributed by atoms with van der Waals surface area (Å²) in [6.07, 6.45) is 3.84. The van der Waals surface area contributed by atoms with Crippen molar-refractivity contribution in [3.8, 4) is 0 Å². The van der Waals surface area contributed by atoms with E-state index in [0.29, 0.717) is 5.92 Å². The van der Waals surface area contributed by atoms with E-state index in [4.69, 9.17) is 9.47 Å². The topological polar surface area (TPSA) is 30.8 Å². The number of hydrogen-bond acceptors (Lipinski definition) is 3. The van der Waals surface area contributed by atoms with Crippen LogP contribution in [0, 0.1) is 5.92 Å². The van der Waals surface area contributed by atoms with Crippen molar-refractivity contribution in [2.24, 2.45) is 10.9 Å². The second-order valence-corrected chi connectivity index (χ2v) is 3.99. The molecule has 0 bridgehead atoms. The normalized spacial score (nSPS) is 15.2. The molecular formula is C13H25NO2. The molecule has 0 heterocycles. The molecule has 3 heteroatoms. The maximum absolute atomic E-state index is 5.40. The molecule has 0 aromatic heterocycles. The fraction of sp³-hybridized carbons (Fsp3) is 0.769. The van der Waals surface area contributed by atoms with Crippen molar-refractivity contribution < 1.29 is 9.47 Å². The summed E-state index contributed by atoms with van der Waals surface area (Å²) in [6, 6.07) is 0.0554. The highest BCUT2D eigenvalue weighted by molar-refractivity contribution is 5.76. The quantitative estimate of drug-likeness (QED) is 0.395. The molecule has 94 valence electrons. The molecule has 0 aliphatic heterocycles. The summed E-state index contributed by atoms with van der Waals surface area (Å²) >= 11 is 0. The van der Waals surface area contributed by atoms with Crippen molar-refractivity contribution in [2.45, 2.75) is 46.6 Å². The van der Waals surface area contributed by atoms with Crippen LogP contribution in [0.15, 0.2) is 16.8 Å². The Balaban J connectivity index is 4.99. The molecule has 1 unspecified atom stereocenters.